The summed E-state index contributed by atoms with van der Waals surface area (Å²) < 4.78 is 0. The third kappa shape index (κ3) is 4.16. The van der Waals surface area contributed by atoms with Gasteiger partial charge in [0.25, 0.3) is 0 Å². The van der Waals surface area contributed by atoms with Crippen molar-refractivity contribution in [3.05, 3.63) is 64.1 Å². The van der Waals surface area contributed by atoms with Crippen LogP contribution in [-0.4, -0.2) is 0 Å². The highest BCUT2D eigenvalue weighted by molar-refractivity contribution is 6.36. The van der Waals surface area contributed by atoms with Crippen molar-refractivity contribution in [2.75, 3.05) is 5.32 Å². The molecule has 3 heteroatoms. The van der Waals surface area contributed by atoms with Gasteiger partial charge in [0, 0.05) is 5.02 Å². The normalized spacial score (nSPS) is 12.4. The van der Waals surface area contributed by atoms with Gasteiger partial charge in [0.1, 0.15) is 0 Å². The molecule has 0 spiro atoms. The molecule has 0 bridgehead atoms. The highest BCUT2D eigenvalue weighted by Gasteiger charge is 2.14. The van der Waals surface area contributed by atoms with Gasteiger partial charge in [0.05, 0.1) is 16.8 Å². The average molecular weight is 308 g/mol. The summed E-state index contributed by atoms with van der Waals surface area (Å²) in [6, 6.07) is 16.2. The van der Waals surface area contributed by atoms with Crippen LogP contribution in [0.1, 0.15) is 31.9 Å². The van der Waals surface area contributed by atoms with Crippen LogP contribution in [0.25, 0.3) is 0 Å². The summed E-state index contributed by atoms with van der Waals surface area (Å²) in [4.78, 5) is 0. The van der Waals surface area contributed by atoms with Gasteiger partial charge in [-0.15, -0.1) is 0 Å². The molecule has 0 aliphatic rings. The van der Waals surface area contributed by atoms with Crippen molar-refractivity contribution in [2.45, 2.75) is 26.3 Å². The van der Waals surface area contributed by atoms with E-state index >= 15 is 0 Å². The molecule has 2 aromatic rings. The molecule has 106 valence electrons. The molecule has 2 rings (SSSR count). The van der Waals surface area contributed by atoms with E-state index in [2.05, 4.69) is 43.4 Å². The molecule has 0 aliphatic carbocycles. The lowest BCUT2D eigenvalue weighted by atomic mass is 9.97. The fourth-order valence-corrected chi connectivity index (χ4v) is 2.69. The number of hydrogen-bond donors (Lipinski definition) is 1. The second-order valence-electron chi connectivity index (χ2n) is 5.36. The smallest absolute Gasteiger partial charge is 0.0652 e. The van der Waals surface area contributed by atoms with E-state index in [-0.39, 0.29) is 6.04 Å². The molecule has 1 N–H and O–H groups in total. The number of hydrogen-bond acceptors (Lipinski definition) is 1. The van der Waals surface area contributed by atoms with Crippen LogP contribution < -0.4 is 5.32 Å². The summed E-state index contributed by atoms with van der Waals surface area (Å²) in [5, 5.41) is 4.84. The third-order valence-corrected chi connectivity index (χ3v) is 3.72. The number of halogens is 2. The van der Waals surface area contributed by atoms with E-state index in [9.17, 15) is 0 Å². The quantitative estimate of drug-likeness (QED) is 0.694. The lowest BCUT2D eigenvalue weighted by Crippen LogP contribution is -2.13. The topological polar surface area (TPSA) is 12.0 Å². The van der Waals surface area contributed by atoms with Crippen LogP contribution in [0.4, 0.5) is 5.69 Å². The van der Waals surface area contributed by atoms with Crippen molar-refractivity contribution in [2.24, 2.45) is 5.92 Å². The second-order valence-corrected chi connectivity index (χ2v) is 6.20. The zero-order valence-electron chi connectivity index (χ0n) is 11.7. The summed E-state index contributed by atoms with van der Waals surface area (Å²) in [7, 11) is 0. The maximum atomic E-state index is 6.25. The van der Waals surface area contributed by atoms with Gasteiger partial charge in [0.15, 0.2) is 0 Å². The minimum atomic E-state index is 0.245. The predicted octanol–water partition coefficient (Wildman–Crippen LogP) is 6.19. The first-order valence-electron chi connectivity index (χ1n) is 6.83. The van der Waals surface area contributed by atoms with Crippen molar-refractivity contribution < 1.29 is 0 Å². The van der Waals surface area contributed by atoms with Crippen LogP contribution in [0.15, 0.2) is 48.5 Å². The summed E-state index contributed by atoms with van der Waals surface area (Å²) in [6.45, 7) is 4.45. The molecule has 1 atom stereocenters. The first-order chi connectivity index (χ1) is 9.56. The van der Waals surface area contributed by atoms with Crippen LogP contribution in [-0.2, 0) is 0 Å². The fraction of sp³-hybridized carbons (Fsp3) is 0.294. The van der Waals surface area contributed by atoms with E-state index in [4.69, 9.17) is 23.2 Å². The Balaban J connectivity index is 2.24. The van der Waals surface area contributed by atoms with Gasteiger partial charge in [0.2, 0.25) is 0 Å². The van der Waals surface area contributed by atoms with Crippen LogP contribution in [0.3, 0.4) is 0 Å². The summed E-state index contributed by atoms with van der Waals surface area (Å²) in [6.07, 6.45) is 1.04. The van der Waals surface area contributed by atoms with E-state index in [1.807, 2.05) is 18.2 Å². The molecule has 1 nitrogen and oxygen atoms in total. The Bertz CT molecular complexity index is 552. The molecule has 0 heterocycles. The van der Waals surface area contributed by atoms with E-state index in [0.717, 1.165) is 12.1 Å². The number of rotatable bonds is 5. The largest absolute Gasteiger partial charge is 0.377 e. The zero-order valence-corrected chi connectivity index (χ0v) is 13.2. The van der Waals surface area contributed by atoms with Gasteiger partial charge in [-0.2, -0.15) is 0 Å². The van der Waals surface area contributed by atoms with Crippen molar-refractivity contribution >= 4 is 28.9 Å². The second kappa shape index (κ2) is 7.01. The van der Waals surface area contributed by atoms with E-state index in [1.54, 1.807) is 6.07 Å². The maximum Gasteiger partial charge on any atom is 0.0652 e. The summed E-state index contributed by atoms with van der Waals surface area (Å²) in [5.41, 5.74) is 2.19. The Morgan fingerprint density at radius 3 is 2.30 bits per heavy atom. The lowest BCUT2D eigenvalue weighted by Gasteiger charge is -2.23. The average Bonchev–Trinajstić information content (AvgIpc) is 2.41. The van der Waals surface area contributed by atoms with Gasteiger partial charge >= 0.3 is 0 Å². The molecule has 2 aromatic carbocycles. The fourth-order valence-electron chi connectivity index (χ4n) is 2.23. The van der Waals surface area contributed by atoms with E-state index < -0.39 is 0 Å². The molecular formula is C17H19Cl2N. The minimum absolute atomic E-state index is 0.245. The first-order valence-corrected chi connectivity index (χ1v) is 7.58. The Kier molecular flexibility index (Phi) is 5.33. The van der Waals surface area contributed by atoms with Crippen molar-refractivity contribution in [1.82, 2.24) is 0 Å². The van der Waals surface area contributed by atoms with Gasteiger partial charge in [-0.25, -0.2) is 0 Å². The summed E-state index contributed by atoms with van der Waals surface area (Å²) >= 11 is 12.2. The zero-order chi connectivity index (χ0) is 14.5. The lowest BCUT2D eigenvalue weighted by molar-refractivity contribution is 0.531. The highest BCUT2D eigenvalue weighted by Crippen LogP contribution is 2.31. The molecule has 20 heavy (non-hydrogen) atoms. The molecule has 0 saturated carbocycles. The molecule has 0 aliphatic heterocycles. The van der Waals surface area contributed by atoms with E-state index in [0.29, 0.717) is 16.0 Å². The number of anilines is 1. The molecular weight excluding hydrogens is 289 g/mol. The van der Waals surface area contributed by atoms with Gasteiger partial charge in [-0.1, -0.05) is 67.4 Å². The van der Waals surface area contributed by atoms with E-state index in [1.165, 1.54) is 5.56 Å². The van der Waals surface area contributed by atoms with Crippen LogP contribution in [0, 0.1) is 5.92 Å². The minimum Gasteiger partial charge on any atom is -0.377 e. The van der Waals surface area contributed by atoms with Crippen LogP contribution >= 0.6 is 23.2 Å². The van der Waals surface area contributed by atoms with Crippen LogP contribution in [0.2, 0.25) is 10.0 Å². The highest BCUT2D eigenvalue weighted by atomic mass is 35.5. The standard InChI is InChI=1S/C17H19Cl2N/c1-12(2)10-17(13-6-4-3-5-7-13)20-16-9-8-14(18)11-15(16)19/h3-9,11-12,17,20H,10H2,1-2H3. The van der Waals surface area contributed by atoms with Crippen molar-refractivity contribution in [3.8, 4) is 0 Å². The summed E-state index contributed by atoms with van der Waals surface area (Å²) in [5.74, 6) is 0.596. The third-order valence-electron chi connectivity index (χ3n) is 3.17. The first kappa shape index (κ1) is 15.2. The van der Waals surface area contributed by atoms with Crippen molar-refractivity contribution in [1.29, 1.82) is 0 Å². The van der Waals surface area contributed by atoms with Gasteiger partial charge in [-0.3, -0.25) is 0 Å². The van der Waals surface area contributed by atoms with Crippen molar-refractivity contribution in [3.63, 3.8) is 0 Å². The Labute approximate surface area is 130 Å². The molecule has 0 amide bonds. The molecule has 0 saturated heterocycles. The SMILES string of the molecule is CC(C)CC(Nc1ccc(Cl)cc1Cl)c1ccccc1. The monoisotopic (exact) mass is 307 g/mol. The Hall–Kier alpha value is -1.18. The maximum absolute atomic E-state index is 6.25. The van der Waals surface area contributed by atoms with Gasteiger partial charge < -0.3 is 5.32 Å². The van der Waals surface area contributed by atoms with Gasteiger partial charge in [-0.05, 0) is 36.1 Å². The molecule has 1 unspecified atom stereocenters. The predicted molar refractivity (Wildman–Crippen MR) is 88.7 cm³/mol. The molecule has 0 aromatic heterocycles. The van der Waals surface area contributed by atoms with Crippen LogP contribution in [0.5, 0.6) is 0 Å². The molecule has 0 radical (unpaired) electrons. The Morgan fingerprint density at radius 1 is 1.00 bits per heavy atom. The Morgan fingerprint density at radius 2 is 1.70 bits per heavy atom. The molecule has 0 fully saturated rings. The number of nitrogens with one attached hydrogen (secondary N) is 1. The number of benzene rings is 2.